The van der Waals surface area contributed by atoms with E-state index in [4.69, 9.17) is 9.72 Å². The lowest BCUT2D eigenvalue weighted by Gasteiger charge is -2.18. The van der Waals surface area contributed by atoms with Gasteiger partial charge in [0.15, 0.2) is 0 Å². The van der Waals surface area contributed by atoms with Gasteiger partial charge in [-0.1, -0.05) is 50.2 Å². The number of pyridine rings is 1. The summed E-state index contributed by atoms with van der Waals surface area (Å²) in [6.45, 7) is 6.12. The summed E-state index contributed by atoms with van der Waals surface area (Å²) in [4.78, 5) is 23.4. The van der Waals surface area contributed by atoms with Gasteiger partial charge in [-0.3, -0.25) is 9.78 Å². The van der Waals surface area contributed by atoms with Crippen LogP contribution in [0.3, 0.4) is 0 Å². The van der Waals surface area contributed by atoms with E-state index in [1.165, 1.54) is 5.56 Å². The fraction of sp³-hybridized carbons (Fsp3) is 0.296. The van der Waals surface area contributed by atoms with Crippen LogP contribution in [0.5, 0.6) is 5.75 Å². The summed E-state index contributed by atoms with van der Waals surface area (Å²) < 4.78 is 8.31. The van der Waals surface area contributed by atoms with Gasteiger partial charge in [0.25, 0.3) is 5.91 Å². The number of aryl methyl sites for hydroxylation is 1. The normalized spacial score (nSPS) is 11.2. The highest BCUT2D eigenvalue weighted by Gasteiger charge is 2.17. The first-order chi connectivity index (χ1) is 16.0. The summed E-state index contributed by atoms with van der Waals surface area (Å²) in [6.07, 6.45) is 2.46. The van der Waals surface area contributed by atoms with E-state index in [-0.39, 0.29) is 5.91 Å². The molecule has 2 heterocycles. The zero-order valence-electron chi connectivity index (χ0n) is 19.4. The molecule has 4 aromatic rings. The van der Waals surface area contributed by atoms with Crippen LogP contribution in [-0.2, 0) is 13.1 Å². The van der Waals surface area contributed by atoms with E-state index in [1.54, 1.807) is 30.3 Å². The second-order valence-electron chi connectivity index (χ2n) is 8.44. The number of rotatable bonds is 9. The van der Waals surface area contributed by atoms with Crippen LogP contribution < -0.4 is 4.74 Å². The van der Waals surface area contributed by atoms with E-state index in [9.17, 15) is 4.79 Å². The highest BCUT2D eigenvalue weighted by molar-refractivity contribution is 5.92. The summed E-state index contributed by atoms with van der Waals surface area (Å²) in [7, 11) is 1.78. The molecule has 0 unspecified atom stereocenters. The molecule has 0 N–H and O–H groups in total. The minimum atomic E-state index is -0.122. The van der Waals surface area contributed by atoms with Gasteiger partial charge in [0.2, 0.25) is 0 Å². The number of nitrogens with zero attached hydrogens (tertiary/aromatic N) is 4. The van der Waals surface area contributed by atoms with E-state index < -0.39 is 0 Å². The number of imidazole rings is 1. The Hall–Kier alpha value is -3.67. The van der Waals surface area contributed by atoms with Crippen LogP contribution >= 0.6 is 0 Å². The smallest absolute Gasteiger partial charge is 0.272 e. The Morgan fingerprint density at radius 1 is 1.03 bits per heavy atom. The fourth-order valence-corrected chi connectivity index (χ4v) is 3.96. The number of amides is 1. The standard InChI is InChI=1S/C27H30N4O2/c1-20(2)21-11-4-7-15-25(21)33-18-10-17-31-24-14-6-5-12-22(24)29-26(31)19-30(3)27(32)23-13-8-9-16-28-23/h4-9,11-16,20H,10,17-19H2,1-3H3. The maximum absolute atomic E-state index is 12.8. The van der Waals surface area contributed by atoms with E-state index in [2.05, 4.69) is 41.6 Å². The lowest BCUT2D eigenvalue weighted by molar-refractivity contribution is 0.0774. The molecule has 6 nitrogen and oxygen atoms in total. The molecule has 0 saturated heterocycles. The highest BCUT2D eigenvalue weighted by Crippen LogP contribution is 2.26. The molecule has 0 aliphatic carbocycles. The number of hydrogen-bond acceptors (Lipinski definition) is 4. The number of ether oxygens (including phenoxy) is 1. The zero-order chi connectivity index (χ0) is 23.2. The molecule has 6 heteroatoms. The SMILES string of the molecule is CC(C)c1ccccc1OCCCn1c(CN(C)C(=O)c2ccccn2)nc2ccccc21. The van der Waals surface area contributed by atoms with Crippen molar-refractivity contribution in [3.63, 3.8) is 0 Å². The number of carbonyl (C=O) groups excluding carboxylic acids is 1. The Kier molecular flexibility index (Phi) is 7.03. The molecule has 1 amide bonds. The van der Waals surface area contributed by atoms with Gasteiger partial charge >= 0.3 is 0 Å². The van der Waals surface area contributed by atoms with Crippen molar-refractivity contribution in [1.82, 2.24) is 19.4 Å². The molecule has 0 fully saturated rings. The minimum Gasteiger partial charge on any atom is -0.493 e. The van der Waals surface area contributed by atoms with Crippen LogP contribution in [-0.4, -0.2) is 39.0 Å². The van der Waals surface area contributed by atoms with E-state index in [0.717, 1.165) is 35.6 Å². The lowest BCUT2D eigenvalue weighted by atomic mass is 10.0. The molecule has 0 aliphatic heterocycles. The maximum Gasteiger partial charge on any atom is 0.272 e. The van der Waals surface area contributed by atoms with Gasteiger partial charge in [-0.15, -0.1) is 0 Å². The molecule has 0 spiro atoms. The van der Waals surface area contributed by atoms with Crippen LogP contribution in [0.1, 0.15) is 48.1 Å². The second kappa shape index (κ2) is 10.3. The predicted octanol–water partition coefficient (Wildman–Crippen LogP) is 5.30. The molecule has 4 rings (SSSR count). The average molecular weight is 443 g/mol. The van der Waals surface area contributed by atoms with Crippen molar-refractivity contribution in [3.8, 4) is 5.75 Å². The molecule has 2 aromatic heterocycles. The van der Waals surface area contributed by atoms with Gasteiger partial charge in [0, 0.05) is 19.8 Å². The number of para-hydroxylation sites is 3. The first-order valence-corrected chi connectivity index (χ1v) is 11.4. The number of benzene rings is 2. The Balaban J connectivity index is 1.47. The Labute approximate surface area is 194 Å². The van der Waals surface area contributed by atoms with Gasteiger partial charge < -0.3 is 14.2 Å². The third kappa shape index (κ3) is 5.22. The van der Waals surface area contributed by atoms with Crippen LogP contribution in [0.2, 0.25) is 0 Å². The van der Waals surface area contributed by atoms with Crippen LogP contribution in [0.4, 0.5) is 0 Å². The first kappa shape index (κ1) is 22.5. The summed E-state index contributed by atoms with van der Waals surface area (Å²) in [5.41, 5.74) is 3.65. The van der Waals surface area contributed by atoms with Crippen LogP contribution in [0.15, 0.2) is 72.9 Å². The number of aromatic nitrogens is 3. The third-order valence-corrected chi connectivity index (χ3v) is 5.67. The summed E-state index contributed by atoms with van der Waals surface area (Å²) in [5.74, 6) is 2.09. The molecule has 0 atom stereocenters. The van der Waals surface area contributed by atoms with Crippen molar-refractivity contribution >= 4 is 16.9 Å². The molecule has 0 radical (unpaired) electrons. The molecule has 170 valence electrons. The van der Waals surface area contributed by atoms with Crippen molar-refractivity contribution < 1.29 is 9.53 Å². The van der Waals surface area contributed by atoms with Crippen molar-refractivity contribution in [2.75, 3.05) is 13.7 Å². The van der Waals surface area contributed by atoms with E-state index in [0.29, 0.717) is 24.8 Å². The Morgan fingerprint density at radius 2 is 1.79 bits per heavy atom. The number of hydrogen-bond donors (Lipinski definition) is 0. The maximum atomic E-state index is 12.8. The van der Waals surface area contributed by atoms with Gasteiger partial charge in [0.05, 0.1) is 24.2 Å². The van der Waals surface area contributed by atoms with Gasteiger partial charge in [0.1, 0.15) is 17.3 Å². The summed E-state index contributed by atoms with van der Waals surface area (Å²) >= 11 is 0. The quantitative estimate of drug-likeness (QED) is 0.330. The Bertz CT molecular complexity index is 1220. The average Bonchev–Trinajstić information content (AvgIpc) is 3.18. The fourth-order valence-electron chi connectivity index (χ4n) is 3.96. The largest absolute Gasteiger partial charge is 0.493 e. The van der Waals surface area contributed by atoms with Gasteiger partial charge in [-0.05, 0) is 48.2 Å². The van der Waals surface area contributed by atoms with Crippen molar-refractivity contribution in [1.29, 1.82) is 0 Å². The minimum absolute atomic E-state index is 0.122. The van der Waals surface area contributed by atoms with Crippen LogP contribution in [0, 0.1) is 0 Å². The Morgan fingerprint density at radius 3 is 2.58 bits per heavy atom. The van der Waals surface area contributed by atoms with Crippen LogP contribution in [0.25, 0.3) is 11.0 Å². The molecular weight excluding hydrogens is 412 g/mol. The molecule has 2 aromatic carbocycles. The topological polar surface area (TPSA) is 60.2 Å². The molecule has 0 saturated carbocycles. The summed E-state index contributed by atoms with van der Waals surface area (Å²) in [5, 5.41) is 0. The molecular formula is C27H30N4O2. The molecule has 33 heavy (non-hydrogen) atoms. The molecule has 0 bridgehead atoms. The third-order valence-electron chi connectivity index (χ3n) is 5.67. The second-order valence-corrected chi connectivity index (χ2v) is 8.44. The predicted molar refractivity (Wildman–Crippen MR) is 130 cm³/mol. The number of carbonyl (C=O) groups is 1. The first-order valence-electron chi connectivity index (χ1n) is 11.4. The highest BCUT2D eigenvalue weighted by atomic mass is 16.5. The van der Waals surface area contributed by atoms with Gasteiger partial charge in [-0.25, -0.2) is 4.98 Å². The zero-order valence-corrected chi connectivity index (χ0v) is 19.4. The van der Waals surface area contributed by atoms with E-state index >= 15 is 0 Å². The van der Waals surface area contributed by atoms with Gasteiger partial charge in [-0.2, -0.15) is 0 Å². The van der Waals surface area contributed by atoms with E-state index in [1.807, 2.05) is 36.4 Å². The lowest BCUT2D eigenvalue weighted by Crippen LogP contribution is -2.28. The molecule has 0 aliphatic rings. The number of fused-ring (bicyclic) bond motifs is 1. The summed E-state index contributed by atoms with van der Waals surface area (Å²) in [6, 6.07) is 21.6. The van der Waals surface area contributed by atoms with Crippen molar-refractivity contribution in [3.05, 3.63) is 90.0 Å². The van der Waals surface area contributed by atoms with Crippen molar-refractivity contribution in [2.24, 2.45) is 0 Å². The monoisotopic (exact) mass is 442 g/mol. The van der Waals surface area contributed by atoms with Crippen molar-refractivity contribution in [2.45, 2.75) is 39.3 Å².